The molecule has 1 unspecified atom stereocenters. The number of carbonyl (C=O) groups is 1. The molecule has 0 aromatic carbocycles. The Hall–Kier alpha value is -0.670. The fourth-order valence-corrected chi connectivity index (χ4v) is 2.93. The molecule has 3 heteroatoms. The van der Waals surface area contributed by atoms with Crippen LogP contribution in [0.4, 0.5) is 0 Å². The number of carbonyl (C=O) groups excluding carboxylic acids is 1. The Morgan fingerprint density at radius 3 is 2.57 bits per heavy atom. The second-order valence-corrected chi connectivity index (χ2v) is 4.69. The van der Waals surface area contributed by atoms with Gasteiger partial charge in [0.2, 0.25) is 0 Å². The Morgan fingerprint density at radius 2 is 2.07 bits per heavy atom. The summed E-state index contributed by atoms with van der Waals surface area (Å²) in [5.41, 5.74) is 1.70. The van der Waals surface area contributed by atoms with Crippen LogP contribution in [-0.4, -0.2) is 41.0 Å². The summed E-state index contributed by atoms with van der Waals surface area (Å²) < 4.78 is 0. The number of hydrogen-bond donors (Lipinski definition) is 1. The average molecular weight is 195 g/mol. The number of ketones is 1. The number of hydrogen-bond acceptors (Lipinski definition) is 3. The highest BCUT2D eigenvalue weighted by molar-refractivity contribution is 6.02. The van der Waals surface area contributed by atoms with Crippen LogP contribution in [-0.2, 0) is 4.79 Å². The number of aliphatic hydroxyl groups excluding tert-OH is 1. The van der Waals surface area contributed by atoms with E-state index in [-0.39, 0.29) is 17.2 Å². The molecule has 78 valence electrons. The van der Waals surface area contributed by atoms with E-state index in [1.807, 2.05) is 20.9 Å². The average Bonchev–Trinajstić information content (AvgIpc) is 2.44. The SMILES string of the molecule is CC1=C(C)[C@@]2(C)C(C1=O)[C@@H](O)CN2C. The van der Waals surface area contributed by atoms with Gasteiger partial charge in [-0.15, -0.1) is 0 Å². The van der Waals surface area contributed by atoms with Gasteiger partial charge in [-0.25, -0.2) is 0 Å². The summed E-state index contributed by atoms with van der Waals surface area (Å²) >= 11 is 0. The molecule has 0 amide bonds. The fraction of sp³-hybridized carbons (Fsp3) is 0.727. The maximum absolute atomic E-state index is 11.9. The van der Waals surface area contributed by atoms with Gasteiger partial charge in [0, 0.05) is 6.54 Å². The van der Waals surface area contributed by atoms with Crippen LogP contribution in [0.25, 0.3) is 0 Å². The second kappa shape index (κ2) is 2.67. The molecule has 0 aromatic heterocycles. The van der Waals surface area contributed by atoms with Crippen LogP contribution < -0.4 is 0 Å². The Balaban J connectivity index is 2.54. The molecule has 1 heterocycles. The monoisotopic (exact) mass is 195 g/mol. The molecule has 2 rings (SSSR count). The van der Waals surface area contributed by atoms with Gasteiger partial charge in [-0.2, -0.15) is 0 Å². The number of Topliss-reactive ketones (excluding diaryl/α,β-unsaturated/α-hetero) is 1. The topological polar surface area (TPSA) is 40.5 Å². The summed E-state index contributed by atoms with van der Waals surface area (Å²) in [5.74, 6) is -0.116. The third-order valence-electron chi connectivity index (χ3n) is 4.22. The third kappa shape index (κ3) is 0.868. The Kier molecular flexibility index (Phi) is 1.88. The normalized spacial score (nSPS) is 43.6. The van der Waals surface area contributed by atoms with Crippen LogP contribution in [0.2, 0.25) is 0 Å². The third-order valence-corrected chi connectivity index (χ3v) is 4.22. The second-order valence-electron chi connectivity index (χ2n) is 4.69. The maximum atomic E-state index is 11.9. The van der Waals surface area contributed by atoms with E-state index in [9.17, 15) is 9.90 Å². The van der Waals surface area contributed by atoms with E-state index in [1.54, 1.807) is 0 Å². The fourth-order valence-electron chi connectivity index (χ4n) is 2.93. The first kappa shape index (κ1) is 9.87. The Bertz CT molecular complexity index is 334. The van der Waals surface area contributed by atoms with Crippen LogP contribution >= 0.6 is 0 Å². The van der Waals surface area contributed by atoms with Crippen molar-refractivity contribution in [3.63, 3.8) is 0 Å². The molecule has 0 bridgehead atoms. The highest BCUT2D eigenvalue weighted by atomic mass is 16.3. The van der Waals surface area contributed by atoms with Gasteiger partial charge in [-0.1, -0.05) is 0 Å². The lowest BCUT2D eigenvalue weighted by atomic mass is 9.84. The number of aliphatic hydroxyl groups is 1. The molecular formula is C11H17NO2. The van der Waals surface area contributed by atoms with Crippen molar-refractivity contribution in [3.05, 3.63) is 11.1 Å². The zero-order chi connectivity index (χ0) is 10.7. The molecular weight excluding hydrogens is 178 g/mol. The molecule has 0 spiro atoms. The number of rotatable bonds is 0. The van der Waals surface area contributed by atoms with E-state index in [0.717, 1.165) is 11.1 Å². The zero-order valence-electron chi connectivity index (χ0n) is 9.16. The van der Waals surface area contributed by atoms with Crippen LogP contribution in [0.5, 0.6) is 0 Å². The van der Waals surface area contributed by atoms with E-state index in [0.29, 0.717) is 6.54 Å². The summed E-state index contributed by atoms with van der Waals surface area (Å²) in [6, 6.07) is 0. The number of fused-ring (bicyclic) bond motifs is 1. The number of β-amino-alcohol motifs (C(OH)–C–C–N with tert-alkyl or cyclic N) is 1. The van der Waals surface area contributed by atoms with Crippen LogP contribution in [0.15, 0.2) is 11.1 Å². The molecule has 14 heavy (non-hydrogen) atoms. The van der Waals surface area contributed by atoms with Gasteiger partial charge in [0.25, 0.3) is 0 Å². The van der Waals surface area contributed by atoms with E-state index in [2.05, 4.69) is 11.8 Å². The molecule has 0 aromatic rings. The number of likely N-dealkylation sites (N-methyl/N-ethyl adjacent to an activating group) is 1. The van der Waals surface area contributed by atoms with Crippen molar-refractivity contribution in [1.82, 2.24) is 4.90 Å². The zero-order valence-corrected chi connectivity index (χ0v) is 9.16. The summed E-state index contributed by atoms with van der Waals surface area (Å²) in [7, 11) is 1.97. The molecule has 1 aliphatic heterocycles. The van der Waals surface area contributed by atoms with Gasteiger partial charge in [-0.05, 0) is 39.0 Å². The van der Waals surface area contributed by atoms with E-state index in [1.165, 1.54) is 0 Å². The van der Waals surface area contributed by atoms with Gasteiger partial charge >= 0.3 is 0 Å². The van der Waals surface area contributed by atoms with Crippen molar-refractivity contribution in [2.75, 3.05) is 13.6 Å². The molecule has 1 aliphatic carbocycles. The van der Waals surface area contributed by atoms with Gasteiger partial charge in [0.1, 0.15) is 0 Å². The van der Waals surface area contributed by atoms with E-state index >= 15 is 0 Å². The minimum Gasteiger partial charge on any atom is -0.391 e. The summed E-state index contributed by atoms with van der Waals surface area (Å²) in [4.78, 5) is 14.0. The quantitative estimate of drug-likeness (QED) is 0.615. The highest BCUT2D eigenvalue weighted by Gasteiger charge is 2.57. The first-order chi connectivity index (χ1) is 6.40. The molecule has 3 atom stereocenters. The van der Waals surface area contributed by atoms with Crippen LogP contribution in [0.3, 0.4) is 0 Å². The minimum absolute atomic E-state index is 0.127. The molecule has 1 N–H and O–H groups in total. The molecule has 0 saturated carbocycles. The van der Waals surface area contributed by atoms with Crippen molar-refractivity contribution >= 4 is 5.78 Å². The van der Waals surface area contributed by atoms with Crippen molar-refractivity contribution in [3.8, 4) is 0 Å². The van der Waals surface area contributed by atoms with E-state index < -0.39 is 6.10 Å². The lowest BCUT2D eigenvalue weighted by Crippen LogP contribution is -2.43. The standard InChI is InChI=1S/C11H17NO2/c1-6-7(2)11(3)9(10(6)14)8(13)5-12(11)4/h8-9,13H,5H2,1-4H3/t8-,9?,11-/m0/s1. The van der Waals surface area contributed by atoms with Crippen LogP contribution in [0, 0.1) is 5.92 Å². The maximum Gasteiger partial charge on any atom is 0.166 e. The number of likely N-dealkylation sites (tertiary alicyclic amines) is 1. The highest BCUT2D eigenvalue weighted by Crippen LogP contribution is 2.47. The van der Waals surface area contributed by atoms with Gasteiger partial charge in [0.05, 0.1) is 17.6 Å². The van der Waals surface area contributed by atoms with E-state index in [4.69, 9.17) is 0 Å². The molecule has 2 aliphatic rings. The Labute approximate surface area is 84.4 Å². The lowest BCUT2D eigenvalue weighted by molar-refractivity contribution is -0.121. The largest absolute Gasteiger partial charge is 0.391 e. The predicted octanol–water partition coefficient (Wildman–Crippen LogP) is 0.587. The first-order valence-corrected chi connectivity index (χ1v) is 5.02. The Morgan fingerprint density at radius 1 is 1.50 bits per heavy atom. The summed E-state index contributed by atoms with van der Waals surface area (Å²) in [6.45, 7) is 6.51. The van der Waals surface area contributed by atoms with Gasteiger partial charge in [-0.3, -0.25) is 9.69 Å². The van der Waals surface area contributed by atoms with Crippen molar-refractivity contribution in [2.45, 2.75) is 32.4 Å². The molecule has 3 nitrogen and oxygen atoms in total. The predicted molar refractivity (Wildman–Crippen MR) is 53.9 cm³/mol. The van der Waals surface area contributed by atoms with Crippen molar-refractivity contribution in [1.29, 1.82) is 0 Å². The molecule has 0 radical (unpaired) electrons. The minimum atomic E-state index is -0.509. The van der Waals surface area contributed by atoms with Gasteiger partial charge < -0.3 is 5.11 Å². The van der Waals surface area contributed by atoms with Crippen LogP contribution in [0.1, 0.15) is 20.8 Å². The number of allylic oxidation sites excluding steroid dienone is 1. The number of nitrogens with zero attached hydrogens (tertiary/aromatic N) is 1. The summed E-state index contributed by atoms with van der Waals surface area (Å²) in [5, 5.41) is 9.85. The van der Waals surface area contributed by atoms with Crippen molar-refractivity contribution in [2.24, 2.45) is 5.92 Å². The molecule has 1 saturated heterocycles. The summed E-state index contributed by atoms with van der Waals surface area (Å²) in [6.07, 6.45) is -0.509. The lowest BCUT2D eigenvalue weighted by Gasteiger charge is -2.33. The van der Waals surface area contributed by atoms with Crippen molar-refractivity contribution < 1.29 is 9.90 Å². The molecule has 1 fully saturated rings. The smallest absolute Gasteiger partial charge is 0.166 e. The first-order valence-electron chi connectivity index (χ1n) is 5.02. The van der Waals surface area contributed by atoms with Gasteiger partial charge in [0.15, 0.2) is 5.78 Å².